The first-order chi connectivity index (χ1) is 9.83. The summed E-state index contributed by atoms with van der Waals surface area (Å²) in [6.07, 6.45) is 0.505. The average molecular weight is 300 g/mol. The summed E-state index contributed by atoms with van der Waals surface area (Å²) in [4.78, 5) is 11.7. The Labute approximate surface area is 122 Å². The first-order valence-electron chi connectivity index (χ1n) is 7.23. The maximum atomic E-state index is 12.7. The van der Waals surface area contributed by atoms with Crippen molar-refractivity contribution in [3.05, 3.63) is 35.4 Å². The molecule has 0 atom stereocenters. The van der Waals surface area contributed by atoms with Crippen LogP contribution in [0.25, 0.3) is 0 Å². The van der Waals surface area contributed by atoms with Crippen molar-refractivity contribution in [2.75, 3.05) is 0 Å². The molecule has 0 heterocycles. The van der Waals surface area contributed by atoms with E-state index in [1.807, 2.05) is 0 Å². The Morgan fingerprint density at radius 1 is 1.14 bits per heavy atom. The molecule has 1 aliphatic carbocycles. The summed E-state index contributed by atoms with van der Waals surface area (Å²) in [5.74, 6) is -0.887. The first-order valence-corrected chi connectivity index (χ1v) is 7.23. The number of benzene rings is 1. The van der Waals surface area contributed by atoms with E-state index < -0.39 is 23.1 Å². The van der Waals surface area contributed by atoms with Crippen LogP contribution in [0.1, 0.15) is 49.7 Å². The number of rotatable bonds is 3. The second-order valence-corrected chi connectivity index (χ2v) is 5.87. The van der Waals surface area contributed by atoms with Crippen LogP contribution in [-0.2, 0) is 17.4 Å². The third-order valence-corrected chi connectivity index (χ3v) is 4.31. The van der Waals surface area contributed by atoms with Crippen molar-refractivity contribution >= 4 is 5.97 Å². The molecular weight excluding hydrogens is 281 g/mol. The van der Waals surface area contributed by atoms with Gasteiger partial charge in [-0.15, -0.1) is 0 Å². The maximum absolute atomic E-state index is 12.7. The molecule has 2 rings (SSSR count). The van der Waals surface area contributed by atoms with E-state index in [-0.39, 0.29) is 6.42 Å². The van der Waals surface area contributed by atoms with Crippen molar-refractivity contribution in [2.45, 2.75) is 51.1 Å². The molecule has 5 heteroatoms. The van der Waals surface area contributed by atoms with Crippen LogP contribution >= 0.6 is 0 Å². The lowest BCUT2D eigenvalue weighted by Crippen LogP contribution is -2.33. The van der Waals surface area contributed by atoms with Crippen molar-refractivity contribution in [1.82, 2.24) is 0 Å². The Balaban J connectivity index is 2.27. The Kier molecular flexibility index (Phi) is 4.59. The minimum atomic E-state index is -4.39. The van der Waals surface area contributed by atoms with Crippen LogP contribution in [0.3, 0.4) is 0 Å². The Bertz CT molecular complexity index is 500. The number of carbonyl (C=O) groups is 1. The molecule has 0 aliphatic heterocycles. The summed E-state index contributed by atoms with van der Waals surface area (Å²) < 4.78 is 38.2. The van der Waals surface area contributed by atoms with E-state index in [2.05, 4.69) is 0 Å². The minimum absolute atomic E-state index is 0.173. The number of aliphatic carboxylic acids is 1. The van der Waals surface area contributed by atoms with E-state index >= 15 is 0 Å². The van der Waals surface area contributed by atoms with Crippen LogP contribution < -0.4 is 0 Å². The minimum Gasteiger partial charge on any atom is -0.481 e. The SMILES string of the molecule is O=C(O)C1(Cc2cccc(C(F)(F)F)c2)CCCCCC1. The molecule has 116 valence electrons. The van der Waals surface area contributed by atoms with E-state index in [4.69, 9.17) is 0 Å². The van der Waals surface area contributed by atoms with Crippen molar-refractivity contribution in [1.29, 1.82) is 0 Å². The summed E-state index contributed by atoms with van der Waals surface area (Å²) in [5, 5.41) is 9.58. The van der Waals surface area contributed by atoms with Gasteiger partial charge in [0.2, 0.25) is 0 Å². The highest BCUT2D eigenvalue weighted by Gasteiger charge is 2.39. The van der Waals surface area contributed by atoms with Crippen LogP contribution in [0.15, 0.2) is 24.3 Å². The molecule has 0 radical (unpaired) electrons. The van der Waals surface area contributed by atoms with Gasteiger partial charge in [0.15, 0.2) is 0 Å². The van der Waals surface area contributed by atoms with Gasteiger partial charge < -0.3 is 5.11 Å². The molecule has 1 aliphatic rings. The van der Waals surface area contributed by atoms with Gasteiger partial charge in [-0.2, -0.15) is 13.2 Å². The predicted octanol–water partition coefficient (Wildman–Crippen LogP) is 4.67. The summed E-state index contributed by atoms with van der Waals surface area (Å²) in [7, 11) is 0. The number of carboxylic acid groups (broad SMARTS) is 1. The zero-order chi connectivity index (χ0) is 15.5. The quantitative estimate of drug-likeness (QED) is 0.823. The van der Waals surface area contributed by atoms with Gasteiger partial charge in [0.1, 0.15) is 0 Å². The highest BCUT2D eigenvalue weighted by molar-refractivity contribution is 5.75. The van der Waals surface area contributed by atoms with Crippen LogP contribution in [-0.4, -0.2) is 11.1 Å². The number of hydrogen-bond donors (Lipinski definition) is 1. The lowest BCUT2D eigenvalue weighted by molar-refractivity contribution is -0.149. The Hall–Kier alpha value is -1.52. The van der Waals surface area contributed by atoms with Gasteiger partial charge in [-0.3, -0.25) is 4.79 Å². The molecule has 0 aromatic heterocycles. The van der Waals surface area contributed by atoms with Crippen molar-refractivity contribution < 1.29 is 23.1 Å². The second kappa shape index (κ2) is 6.08. The lowest BCUT2D eigenvalue weighted by atomic mass is 9.75. The lowest BCUT2D eigenvalue weighted by Gasteiger charge is -2.28. The standard InChI is InChI=1S/C16H19F3O2/c17-16(18,19)13-7-5-6-12(10-13)11-15(14(20)21)8-3-1-2-4-9-15/h5-7,10H,1-4,8-9,11H2,(H,20,21). The van der Waals surface area contributed by atoms with Gasteiger partial charge in [-0.1, -0.05) is 43.9 Å². The van der Waals surface area contributed by atoms with E-state index in [0.717, 1.165) is 37.8 Å². The molecule has 1 aromatic carbocycles. The fraction of sp³-hybridized carbons (Fsp3) is 0.562. The monoisotopic (exact) mass is 300 g/mol. The van der Waals surface area contributed by atoms with E-state index in [0.29, 0.717) is 18.4 Å². The number of hydrogen-bond acceptors (Lipinski definition) is 1. The van der Waals surface area contributed by atoms with Crippen molar-refractivity contribution in [3.63, 3.8) is 0 Å². The maximum Gasteiger partial charge on any atom is 0.416 e. The average Bonchev–Trinajstić information content (AvgIpc) is 2.65. The summed E-state index contributed by atoms with van der Waals surface area (Å²) >= 11 is 0. The molecule has 1 N–H and O–H groups in total. The smallest absolute Gasteiger partial charge is 0.416 e. The van der Waals surface area contributed by atoms with Gasteiger partial charge in [-0.25, -0.2) is 0 Å². The Morgan fingerprint density at radius 3 is 2.29 bits per heavy atom. The Morgan fingerprint density at radius 2 is 1.76 bits per heavy atom. The van der Waals surface area contributed by atoms with E-state index in [1.165, 1.54) is 6.07 Å². The van der Waals surface area contributed by atoms with Crippen LogP contribution in [0.2, 0.25) is 0 Å². The van der Waals surface area contributed by atoms with Gasteiger partial charge >= 0.3 is 12.1 Å². The zero-order valence-corrected chi connectivity index (χ0v) is 11.7. The summed E-state index contributed by atoms with van der Waals surface area (Å²) in [5.41, 5.74) is -1.18. The number of alkyl halides is 3. The molecule has 0 spiro atoms. The third-order valence-electron chi connectivity index (χ3n) is 4.31. The van der Waals surface area contributed by atoms with Crippen LogP contribution in [0.4, 0.5) is 13.2 Å². The summed E-state index contributed by atoms with van der Waals surface area (Å²) in [6, 6.07) is 5.04. The predicted molar refractivity (Wildman–Crippen MR) is 72.9 cm³/mol. The highest BCUT2D eigenvalue weighted by atomic mass is 19.4. The van der Waals surface area contributed by atoms with Gasteiger partial charge in [0, 0.05) is 0 Å². The number of carboxylic acids is 1. The van der Waals surface area contributed by atoms with Gasteiger partial charge in [0.05, 0.1) is 11.0 Å². The first kappa shape index (κ1) is 15.9. The van der Waals surface area contributed by atoms with E-state index in [9.17, 15) is 23.1 Å². The third kappa shape index (κ3) is 3.77. The molecular formula is C16H19F3O2. The molecule has 1 saturated carbocycles. The topological polar surface area (TPSA) is 37.3 Å². The zero-order valence-electron chi connectivity index (χ0n) is 11.7. The van der Waals surface area contributed by atoms with Crippen LogP contribution in [0, 0.1) is 5.41 Å². The largest absolute Gasteiger partial charge is 0.481 e. The van der Waals surface area contributed by atoms with Crippen molar-refractivity contribution in [3.8, 4) is 0 Å². The summed E-state index contributed by atoms with van der Waals surface area (Å²) in [6.45, 7) is 0. The fourth-order valence-corrected chi connectivity index (χ4v) is 3.12. The van der Waals surface area contributed by atoms with Crippen molar-refractivity contribution in [2.24, 2.45) is 5.41 Å². The van der Waals surface area contributed by atoms with Gasteiger partial charge in [0.25, 0.3) is 0 Å². The number of halogens is 3. The fourth-order valence-electron chi connectivity index (χ4n) is 3.12. The molecule has 0 amide bonds. The molecule has 1 aromatic rings. The highest BCUT2D eigenvalue weighted by Crippen LogP contribution is 2.39. The molecule has 0 saturated heterocycles. The molecule has 2 nitrogen and oxygen atoms in total. The molecule has 21 heavy (non-hydrogen) atoms. The normalized spacial score (nSPS) is 19.0. The molecule has 0 bridgehead atoms. The molecule has 1 fully saturated rings. The van der Waals surface area contributed by atoms with Crippen LogP contribution in [0.5, 0.6) is 0 Å². The van der Waals surface area contributed by atoms with E-state index in [1.54, 1.807) is 6.07 Å². The molecule has 0 unspecified atom stereocenters. The second-order valence-electron chi connectivity index (χ2n) is 5.87. The van der Waals surface area contributed by atoms with Gasteiger partial charge in [-0.05, 0) is 30.9 Å².